The van der Waals surface area contributed by atoms with Crippen LogP contribution in [0.1, 0.15) is 38.1 Å². The molecule has 1 amide bonds. The van der Waals surface area contributed by atoms with Crippen molar-refractivity contribution in [3.05, 3.63) is 65.1 Å². The van der Waals surface area contributed by atoms with Crippen LogP contribution in [0.5, 0.6) is 5.75 Å². The summed E-state index contributed by atoms with van der Waals surface area (Å²) < 4.78 is 16.8. The third-order valence-electron chi connectivity index (χ3n) is 5.54. The molecule has 30 heavy (non-hydrogen) atoms. The average Bonchev–Trinajstić information content (AvgIpc) is 3.03. The Hall–Kier alpha value is -3.02. The van der Waals surface area contributed by atoms with E-state index in [0.717, 1.165) is 0 Å². The number of hydrogen-bond donors (Lipinski definition) is 1. The van der Waals surface area contributed by atoms with Gasteiger partial charge in [0.15, 0.2) is 5.78 Å². The third-order valence-corrected chi connectivity index (χ3v) is 5.54. The number of hydrogen-bond acceptors (Lipinski definition) is 5. The highest BCUT2D eigenvalue weighted by molar-refractivity contribution is 6.11. The van der Waals surface area contributed by atoms with E-state index < -0.39 is 17.4 Å². The number of ketones is 1. The first-order valence-electron chi connectivity index (χ1n) is 10.1. The van der Waals surface area contributed by atoms with Crippen molar-refractivity contribution in [2.24, 2.45) is 11.3 Å². The molecule has 160 valence electrons. The van der Waals surface area contributed by atoms with Crippen molar-refractivity contribution in [1.29, 1.82) is 0 Å². The second-order valence-corrected chi connectivity index (χ2v) is 8.11. The van der Waals surface area contributed by atoms with Gasteiger partial charge in [-0.1, -0.05) is 0 Å². The molecular weight excluding hydrogens is 382 g/mol. The van der Waals surface area contributed by atoms with Gasteiger partial charge in [0.2, 0.25) is 5.91 Å². The molecule has 6 heteroatoms. The van der Waals surface area contributed by atoms with Crippen LogP contribution in [-0.4, -0.2) is 38.1 Å². The van der Waals surface area contributed by atoms with E-state index in [1.54, 1.807) is 45.4 Å². The minimum absolute atomic E-state index is 0.0135. The van der Waals surface area contributed by atoms with Crippen LogP contribution >= 0.6 is 0 Å². The number of Topliss-reactive ketones (excluding diaryl/α,β-unsaturated/α-hetero) is 1. The minimum atomic E-state index is -0.751. The predicted octanol–water partition coefficient (Wildman–Crippen LogP) is 3.80. The van der Waals surface area contributed by atoms with Crippen LogP contribution in [0, 0.1) is 11.3 Å². The van der Waals surface area contributed by atoms with Gasteiger partial charge in [-0.3, -0.25) is 9.59 Å². The second kappa shape index (κ2) is 8.38. The molecule has 2 aliphatic rings. The molecule has 3 rings (SSSR count). The van der Waals surface area contributed by atoms with Crippen molar-refractivity contribution in [2.45, 2.75) is 39.8 Å². The lowest BCUT2D eigenvalue weighted by Gasteiger charge is -2.30. The maximum atomic E-state index is 13.7. The van der Waals surface area contributed by atoms with E-state index in [2.05, 4.69) is 5.32 Å². The smallest absolute Gasteiger partial charge is 0.230 e. The number of ether oxygens (including phenoxy) is 3. The molecule has 1 heterocycles. The van der Waals surface area contributed by atoms with Gasteiger partial charge in [0, 0.05) is 11.6 Å². The zero-order valence-electron chi connectivity index (χ0n) is 18.3. The van der Waals surface area contributed by atoms with Gasteiger partial charge in [-0.15, -0.1) is 0 Å². The molecule has 1 aliphatic carbocycles. The topological polar surface area (TPSA) is 73.9 Å². The Morgan fingerprint density at radius 2 is 1.77 bits per heavy atom. The van der Waals surface area contributed by atoms with Crippen LogP contribution in [0.4, 0.5) is 0 Å². The van der Waals surface area contributed by atoms with E-state index in [0.29, 0.717) is 28.4 Å². The minimum Gasteiger partial charge on any atom is -0.497 e. The number of fused-ring (bicyclic) bond motifs is 1. The van der Waals surface area contributed by atoms with Crippen molar-refractivity contribution in [2.75, 3.05) is 14.2 Å². The standard InChI is InChI=1S/C24H29NO5/c1-14(2)25-23(27)15(3)22-20(21(26)16-7-9-17(28-5)10-8-16)24(4)13-18(29-6)11-12-19(24)30-22/h7-15,19H,1-6H3,(H,25,27). The molecule has 0 radical (unpaired) electrons. The lowest BCUT2D eigenvalue weighted by Crippen LogP contribution is -2.35. The maximum absolute atomic E-state index is 13.7. The fourth-order valence-corrected chi connectivity index (χ4v) is 3.86. The molecular formula is C24H29NO5. The molecule has 6 nitrogen and oxygen atoms in total. The third kappa shape index (κ3) is 3.86. The number of benzene rings is 1. The zero-order chi connectivity index (χ0) is 22.1. The van der Waals surface area contributed by atoms with E-state index in [1.165, 1.54) is 0 Å². The van der Waals surface area contributed by atoms with Crippen LogP contribution in [0.15, 0.2) is 59.6 Å². The molecule has 0 bridgehead atoms. The number of carbonyl (C=O) groups excluding carboxylic acids is 2. The van der Waals surface area contributed by atoms with Crippen LogP contribution in [0.3, 0.4) is 0 Å². The molecule has 1 N–H and O–H groups in total. The summed E-state index contributed by atoms with van der Waals surface area (Å²) in [5.74, 6) is 0.753. The normalized spacial score (nSPS) is 23.4. The highest BCUT2D eigenvalue weighted by atomic mass is 16.5. The summed E-state index contributed by atoms with van der Waals surface area (Å²) in [6, 6.07) is 6.92. The van der Waals surface area contributed by atoms with Gasteiger partial charge in [0.1, 0.15) is 23.4 Å². The molecule has 3 unspecified atom stereocenters. The fourth-order valence-electron chi connectivity index (χ4n) is 3.86. The molecule has 0 saturated heterocycles. The Bertz CT molecular complexity index is 925. The van der Waals surface area contributed by atoms with E-state index in [9.17, 15) is 9.59 Å². The van der Waals surface area contributed by atoms with E-state index in [4.69, 9.17) is 14.2 Å². The monoisotopic (exact) mass is 411 g/mol. The van der Waals surface area contributed by atoms with Gasteiger partial charge in [0.25, 0.3) is 0 Å². The quantitative estimate of drug-likeness (QED) is 0.691. The summed E-state index contributed by atoms with van der Waals surface area (Å²) in [4.78, 5) is 26.4. The number of amides is 1. The SMILES string of the molecule is COC1=CC2(C)C(C(=O)c3ccc(OC)cc3)=C(C(C)C(=O)NC(C)C)OC2C=C1. The molecule has 1 aromatic carbocycles. The van der Waals surface area contributed by atoms with E-state index >= 15 is 0 Å². The Morgan fingerprint density at radius 1 is 1.10 bits per heavy atom. The van der Waals surface area contributed by atoms with Gasteiger partial charge in [-0.05, 0) is 70.2 Å². The molecule has 3 atom stereocenters. The summed E-state index contributed by atoms with van der Waals surface area (Å²) in [7, 11) is 3.17. The summed E-state index contributed by atoms with van der Waals surface area (Å²) >= 11 is 0. The van der Waals surface area contributed by atoms with E-state index in [1.807, 2.05) is 39.0 Å². The summed E-state index contributed by atoms with van der Waals surface area (Å²) in [6.07, 6.45) is 5.20. The number of rotatable bonds is 7. The second-order valence-electron chi connectivity index (χ2n) is 8.11. The molecule has 0 spiro atoms. The molecule has 0 fully saturated rings. The number of nitrogens with one attached hydrogen (secondary N) is 1. The Morgan fingerprint density at radius 3 is 2.33 bits per heavy atom. The van der Waals surface area contributed by atoms with Gasteiger partial charge >= 0.3 is 0 Å². The summed E-state index contributed by atoms with van der Waals surface area (Å²) in [5, 5.41) is 2.91. The van der Waals surface area contributed by atoms with Crippen LogP contribution in [0.25, 0.3) is 0 Å². The first-order valence-corrected chi connectivity index (χ1v) is 10.1. The van der Waals surface area contributed by atoms with Crippen molar-refractivity contribution in [3.63, 3.8) is 0 Å². The first kappa shape index (κ1) is 21.7. The fraction of sp³-hybridized carbons (Fsp3) is 0.417. The van der Waals surface area contributed by atoms with E-state index in [-0.39, 0.29) is 17.7 Å². The molecule has 0 saturated carbocycles. The zero-order valence-corrected chi connectivity index (χ0v) is 18.3. The van der Waals surface area contributed by atoms with Crippen molar-refractivity contribution < 1.29 is 23.8 Å². The van der Waals surface area contributed by atoms with Crippen LogP contribution in [0.2, 0.25) is 0 Å². The Balaban J connectivity index is 2.10. The molecule has 0 aromatic heterocycles. The molecule has 1 aliphatic heterocycles. The number of carbonyl (C=O) groups is 2. The van der Waals surface area contributed by atoms with Gasteiger partial charge < -0.3 is 19.5 Å². The highest BCUT2D eigenvalue weighted by Gasteiger charge is 2.51. The van der Waals surface area contributed by atoms with Crippen molar-refractivity contribution in [1.82, 2.24) is 5.32 Å². The van der Waals surface area contributed by atoms with Gasteiger partial charge in [-0.25, -0.2) is 0 Å². The lowest BCUT2D eigenvalue weighted by molar-refractivity contribution is -0.125. The van der Waals surface area contributed by atoms with Crippen LogP contribution < -0.4 is 10.1 Å². The van der Waals surface area contributed by atoms with Crippen LogP contribution in [-0.2, 0) is 14.3 Å². The van der Waals surface area contributed by atoms with Crippen molar-refractivity contribution in [3.8, 4) is 5.75 Å². The van der Waals surface area contributed by atoms with Gasteiger partial charge in [-0.2, -0.15) is 0 Å². The van der Waals surface area contributed by atoms with Gasteiger partial charge in [0.05, 0.1) is 31.1 Å². The number of methoxy groups -OCH3 is 2. The maximum Gasteiger partial charge on any atom is 0.230 e. The summed E-state index contributed by atoms with van der Waals surface area (Å²) in [6.45, 7) is 7.50. The lowest BCUT2D eigenvalue weighted by atomic mass is 9.72. The number of allylic oxidation sites excluding steroid dienone is 1. The molecule has 1 aromatic rings. The summed E-state index contributed by atoms with van der Waals surface area (Å²) in [5.41, 5.74) is 0.230. The Kier molecular flexibility index (Phi) is 6.06. The Labute approximate surface area is 177 Å². The highest BCUT2D eigenvalue weighted by Crippen LogP contribution is 2.49. The largest absolute Gasteiger partial charge is 0.497 e. The average molecular weight is 411 g/mol. The van der Waals surface area contributed by atoms with Crippen molar-refractivity contribution >= 4 is 11.7 Å². The predicted molar refractivity (Wildman–Crippen MR) is 114 cm³/mol. The first-order chi connectivity index (χ1) is 14.2.